The van der Waals surface area contributed by atoms with Crippen LogP contribution in [0.3, 0.4) is 0 Å². The zero-order valence-corrected chi connectivity index (χ0v) is 25.5. The SMILES string of the molecule is O=CCCOCCOCCOCCNC1CCC(NC(=O)C2(Cc3cccc(Nc4nccs4)n3)CCCCC2)CC1. The lowest BCUT2D eigenvalue weighted by Crippen LogP contribution is -2.50. The van der Waals surface area contributed by atoms with Crippen LogP contribution in [-0.4, -0.2) is 80.4 Å². The van der Waals surface area contributed by atoms with E-state index in [4.69, 9.17) is 19.2 Å². The van der Waals surface area contributed by atoms with Crippen molar-refractivity contribution in [1.29, 1.82) is 0 Å². The maximum absolute atomic E-state index is 13.8. The van der Waals surface area contributed by atoms with Crippen LogP contribution in [0.5, 0.6) is 0 Å². The maximum atomic E-state index is 13.8. The Morgan fingerprint density at radius 3 is 2.38 bits per heavy atom. The van der Waals surface area contributed by atoms with Crippen LogP contribution in [0.2, 0.25) is 0 Å². The molecule has 0 aliphatic heterocycles. The van der Waals surface area contributed by atoms with Crippen molar-refractivity contribution >= 4 is 34.5 Å². The predicted molar refractivity (Wildman–Crippen MR) is 164 cm³/mol. The van der Waals surface area contributed by atoms with E-state index in [1.54, 1.807) is 17.5 Å². The molecule has 11 heteroatoms. The molecule has 0 spiro atoms. The molecule has 0 radical (unpaired) electrons. The van der Waals surface area contributed by atoms with Gasteiger partial charge in [-0.25, -0.2) is 9.97 Å². The number of nitrogens with one attached hydrogen (secondary N) is 3. The number of aromatic nitrogens is 2. The summed E-state index contributed by atoms with van der Waals surface area (Å²) in [5.41, 5.74) is 0.570. The number of hydrogen-bond acceptors (Lipinski definition) is 10. The van der Waals surface area contributed by atoms with E-state index >= 15 is 0 Å². The minimum absolute atomic E-state index is 0.210. The Bertz CT molecular complexity index is 1040. The number of anilines is 2. The van der Waals surface area contributed by atoms with Gasteiger partial charge in [0.25, 0.3) is 0 Å². The first kappa shape index (κ1) is 32.5. The lowest BCUT2D eigenvalue weighted by atomic mass is 9.70. The minimum atomic E-state index is -0.384. The van der Waals surface area contributed by atoms with Crippen LogP contribution in [0.1, 0.15) is 69.9 Å². The summed E-state index contributed by atoms with van der Waals surface area (Å²) in [5, 5.41) is 13.1. The molecule has 42 heavy (non-hydrogen) atoms. The summed E-state index contributed by atoms with van der Waals surface area (Å²) in [4.78, 5) is 33.1. The molecule has 2 aromatic rings. The summed E-state index contributed by atoms with van der Waals surface area (Å²) in [6.07, 6.45) is 13.0. The highest BCUT2D eigenvalue weighted by atomic mass is 32.1. The van der Waals surface area contributed by atoms with E-state index < -0.39 is 0 Å². The molecule has 0 bridgehead atoms. The fourth-order valence-corrected chi connectivity index (χ4v) is 6.43. The van der Waals surface area contributed by atoms with E-state index in [0.29, 0.717) is 58.5 Å². The van der Waals surface area contributed by atoms with E-state index in [1.165, 1.54) is 6.42 Å². The van der Waals surface area contributed by atoms with Crippen molar-refractivity contribution in [2.45, 2.75) is 82.7 Å². The van der Waals surface area contributed by atoms with Gasteiger partial charge < -0.3 is 35.0 Å². The molecule has 2 aliphatic carbocycles. The summed E-state index contributed by atoms with van der Waals surface area (Å²) in [6.45, 7) is 4.00. The number of ether oxygens (including phenoxy) is 3. The summed E-state index contributed by atoms with van der Waals surface area (Å²) in [6, 6.07) is 6.69. The van der Waals surface area contributed by atoms with Crippen molar-refractivity contribution in [2.24, 2.45) is 5.41 Å². The summed E-state index contributed by atoms with van der Waals surface area (Å²) in [7, 11) is 0. The van der Waals surface area contributed by atoms with Gasteiger partial charge in [0, 0.05) is 48.7 Å². The standard InChI is InChI=1S/C31H47N5O5S/c37-16-5-17-39-19-21-41-22-20-40-18-14-32-25-8-10-26(11-9-25)35-29(38)31(12-2-1-3-13-31)24-27-6-4-7-28(34-27)36-30-33-15-23-42-30/h4,6-7,15-16,23,25-26,32H,1-3,5,8-14,17-22,24H2,(H,35,38)(H,33,34,36). The molecule has 4 rings (SSSR count). The highest BCUT2D eigenvalue weighted by molar-refractivity contribution is 7.13. The van der Waals surface area contributed by atoms with Crippen molar-refractivity contribution in [2.75, 3.05) is 51.5 Å². The third kappa shape index (κ3) is 11.0. The van der Waals surface area contributed by atoms with E-state index in [1.807, 2.05) is 23.6 Å². The van der Waals surface area contributed by atoms with E-state index in [-0.39, 0.29) is 17.4 Å². The van der Waals surface area contributed by atoms with Gasteiger partial charge in [-0.2, -0.15) is 0 Å². The zero-order valence-electron chi connectivity index (χ0n) is 24.7. The molecule has 232 valence electrons. The van der Waals surface area contributed by atoms with Gasteiger partial charge in [0.1, 0.15) is 12.1 Å². The second-order valence-electron chi connectivity index (χ2n) is 11.3. The van der Waals surface area contributed by atoms with E-state index in [2.05, 4.69) is 20.9 Å². The fraction of sp³-hybridized carbons (Fsp3) is 0.677. The third-order valence-electron chi connectivity index (χ3n) is 8.15. The Balaban J connectivity index is 1.13. The van der Waals surface area contributed by atoms with Gasteiger partial charge >= 0.3 is 0 Å². The summed E-state index contributed by atoms with van der Waals surface area (Å²) in [5.74, 6) is 0.980. The molecule has 2 saturated carbocycles. The molecule has 1 amide bonds. The summed E-state index contributed by atoms with van der Waals surface area (Å²) < 4.78 is 16.4. The number of rotatable bonds is 19. The second-order valence-corrected chi connectivity index (χ2v) is 12.2. The number of aldehydes is 1. The van der Waals surface area contributed by atoms with Crippen LogP contribution >= 0.6 is 11.3 Å². The van der Waals surface area contributed by atoms with Crippen LogP contribution in [0.25, 0.3) is 0 Å². The highest BCUT2D eigenvalue weighted by Gasteiger charge is 2.41. The average Bonchev–Trinajstić information content (AvgIpc) is 3.52. The molecule has 2 fully saturated rings. The Kier molecular flexibility index (Phi) is 14.1. The normalized spacial score (nSPS) is 20.2. The van der Waals surface area contributed by atoms with Crippen LogP contribution in [-0.2, 0) is 30.2 Å². The lowest BCUT2D eigenvalue weighted by Gasteiger charge is -2.38. The largest absolute Gasteiger partial charge is 0.379 e. The van der Waals surface area contributed by atoms with Gasteiger partial charge in [-0.05, 0) is 50.7 Å². The number of nitrogens with zero attached hydrogens (tertiary/aromatic N) is 2. The zero-order chi connectivity index (χ0) is 29.3. The third-order valence-corrected chi connectivity index (χ3v) is 8.84. The van der Waals surface area contributed by atoms with Crippen molar-refractivity contribution in [3.8, 4) is 0 Å². The molecule has 0 unspecified atom stereocenters. The Morgan fingerprint density at radius 1 is 0.952 bits per heavy atom. The van der Waals surface area contributed by atoms with Crippen molar-refractivity contribution in [3.05, 3.63) is 35.5 Å². The number of hydrogen-bond donors (Lipinski definition) is 3. The van der Waals surface area contributed by atoms with Gasteiger partial charge in [0.15, 0.2) is 5.13 Å². The molecule has 0 saturated heterocycles. The molecular formula is C31H47N5O5S. The van der Waals surface area contributed by atoms with Crippen LogP contribution in [0.15, 0.2) is 29.8 Å². The fourth-order valence-electron chi connectivity index (χ4n) is 5.89. The highest BCUT2D eigenvalue weighted by Crippen LogP contribution is 2.40. The number of pyridine rings is 1. The summed E-state index contributed by atoms with van der Waals surface area (Å²) >= 11 is 1.54. The predicted octanol–water partition coefficient (Wildman–Crippen LogP) is 4.43. The van der Waals surface area contributed by atoms with E-state index in [9.17, 15) is 9.59 Å². The molecule has 10 nitrogen and oxygen atoms in total. The topological polar surface area (TPSA) is 124 Å². The van der Waals surface area contributed by atoms with Gasteiger partial charge in [-0.15, -0.1) is 11.3 Å². The van der Waals surface area contributed by atoms with Gasteiger partial charge in [0.05, 0.1) is 45.1 Å². The molecule has 2 heterocycles. The van der Waals surface area contributed by atoms with Gasteiger partial charge in [0.2, 0.25) is 5.91 Å². The van der Waals surface area contributed by atoms with Crippen molar-refractivity contribution in [1.82, 2.24) is 20.6 Å². The number of carbonyl (C=O) groups is 2. The first-order valence-corrected chi connectivity index (χ1v) is 16.4. The van der Waals surface area contributed by atoms with Crippen LogP contribution in [0.4, 0.5) is 10.9 Å². The quantitative estimate of drug-likeness (QED) is 0.158. The maximum Gasteiger partial charge on any atom is 0.226 e. The van der Waals surface area contributed by atoms with Crippen molar-refractivity contribution < 1.29 is 23.8 Å². The minimum Gasteiger partial charge on any atom is -0.379 e. The lowest BCUT2D eigenvalue weighted by molar-refractivity contribution is -0.134. The first-order chi connectivity index (χ1) is 20.7. The molecule has 0 aromatic carbocycles. The Morgan fingerprint density at radius 2 is 1.67 bits per heavy atom. The molecule has 2 aromatic heterocycles. The smallest absolute Gasteiger partial charge is 0.226 e. The second kappa shape index (κ2) is 18.3. The monoisotopic (exact) mass is 601 g/mol. The number of amides is 1. The van der Waals surface area contributed by atoms with Gasteiger partial charge in [-0.3, -0.25) is 4.79 Å². The van der Waals surface area contributed by atoms with Crippen molar-refractivity contribution in [3.63, 3.8) is 0 Å². The van der Waals surface area contributed by atoms with Crippen LogP contribution < -0.4 is 16.0 Å². The first-order valence-electron chi connectivity index (χ1n) is 15.5. The number of thiazole rings is 1. The molecular weight excluding hydrogens is 554 g/mol. The number of carbonyl (C=O) groups excluding carboxylic acids is 2. The average molecular weight is 602 g/mol. The molecule has 3 N–H and O–H groups in total. The molecule has 0 atom stereocenters. The van der Waals surface area contributed by atoms with E-state index in [0.717, 1.165) is 80.8 Å². The van der Waals surface area contributed by atoms with Crippen LogP contribution in [0, 0.1) is 5.41 Å². The Labute approximate surface area is 253 Å². The Hall–Kier alpha value is -2.44. The molecule has 2 aliphatic rings. The van der Waals surface area contributed by atoms with Gasteiger partial charge in [-0.1, -0.05) is 25.3 Å².